The van der Waals surface area contributed by atoms with Crippen LogP contribution in [0.25, 0.3) is 16.5 Å². The number of thioether (sulfide) groups is 1. The Morgan fingerprint density at radius 2 is 1.77 bits per heavy atom. The van der Waals surface area contributed by atoms with E-state index in [4.69, 9.17) is 0 Å². The summed E-state index contributed by atoms with van der Waals surface area (Å²) in [6, 6.07) is 6.30. The number of allylic oxidation sites excluding steroid dienone is 1. The quantitative estimate of drug-likeness (QED) is 0.290. The van der Waals surface area contributed by atoms with E-state index in [-0.39, 0.29) is 16.5 Å². The number of rotatable bonds is 4. The van der Waals surface area contributed by atoms with Crippen LogP contribution in [0.3, 0.4) is 0 Å². The summed E-state index contributed by atoms with van der Waals surface area (Å²) in [5.74, 6) is -2.12. The molecule has 5 rings (SSSR count). The van der Waals surface area contributed by atoms with Crippen LogP contribution in [-0.2, 0) is 28.4 Å². The van der Waals surface area contributed by atoms with Gasteiger partial charge in [-0.3, -0.25) is 14.7 Å². The normalized spacial score (nSPS) is 18.4. The van der Waals surface area contributed by atoms with Gasteiger partial charge in [0.25, 0.3) is 5.91 Å². The van der Waals surface area contributed by atoms with Gasteiger partial charge in [-0.05, 0) is 72.0 Å². The number of hydrogen-bond donors (Lipinski definition) is 2. The number of carboxylic acid groups (broad SMARTS) is 1. The highest BCUT2D eigenvalue weighted by Crippen LogP contribution is 2.42. The molecular weight excluding hydrogens is 562 g/mol. The number of fused-ring (bicyclic) bond motifs is 1. The molecule has 0 spiro atoms. The number of alkyl halides is 6. The Hall–Kier alpha value is -3.81. The van der Waals surface area contributed by atoms with Gasteiger partial charge in [0.1, 0.15) is 0 Å². The standard InChI is InChI=1S/C26H20F6N4O3S/c27-25(28,29)17-3-1-15(19(11-17)26(30,31)32)10-18(14-2-4-20-16(9-14)12-33-35-20)21-22(37)34-24(40-21)36-7-5-13(6-8-36)23(38)39/h1-4,9,11-13H,5-8,10H2,(H,33,35)(H,38,39). The van der Waals surface area contributed by atoms with Crippen LogP contribution in [0, 0.1) is 5.92 Å². The number of carbonyl (C=O) groups excluding carboxylic acids is 1. The maximum Gasteiger partial charge on any atom is 0.416 e. The average Bonchev–Trinajstić information content (AvgIpc) is 3.52. The fraction of sp³-hybridized carbons (Fsp3) is 0.308. The second-order valence-electron chi connectivity index (χ2n) is 9.43. The van der Waals surface area contributed by atoms with E-state index in [2.05, 4.69) is 15.2 Å². The van der Waals surface area contributed by atoms with Gasteiger partial charge in [0.15, 0.2) is 5.17 Å². The van der Waals surface area contributed by atoms with Gasteiger partial charge in [-0.1, -0.05) is 12.1 Å². The lowest BCUT2D eigenvalue weighted by molar-refractivity contribution is -0.144. The van der Waals surface area contributed by atoms with E-state index in [0.29, 0.717) is 53.6 Å². The molecule has 0 atom stereocenters. The van der Waals surface area contributed by atoms with Gasteiger partial charge in [0.05, 0.1) is 33.7 Å². The molecule has 0 bridgehead atoms. The minimum Gasteiger partial charge on any atom is -0.481 e. The number of aliphatic imine (C=N–C) groups is 1. The van der Waals surface area contributed by atoms with Crippen molar-refractivity contribution in [3.8, 4) is 0 Å². The highest BCUT2D eigenvalue weighted by Gasteiger charge is 2.39. The van der Waals surface area contributed by atoms with Crippen molar-refractivity contribution in [3.63, 3.8) is 0 Å². The number of halogens is 6. The number of aliphatic carboxylic acids is 1. The molecular formula is C26H20F6N4O3S. The maximum absolute atomic E-state index is 13.9. The molecule has 0 aliphatic carbocycles. The molecule has 2 aliphatic rings. The molecule has 7 nitrogen and oxygen atoms in total. The van der Waals surface area contributed by atoms with Gasteiger partial charge in [-0.25, -0.2) is 0 Å². The molecule has 1 fully saturated rings. The van der Waals surface area contributed by atoms with E-state index in [1.165, 1.54) is 6.20 Å². The number of amides is 1. The third kappa shape index (κ3) is 5.58. The van der Waals surface area contributed by atoms with Crippen LogP contribution >= 0.6 is 11.8 Å². The van der Waals surface area contributed by atoms with Crippen molar-refractivity contribution < 1.29 is 41.0 Å². The molecule has 14 heteroatoms. The van der Waals surface area contributed by atoms with E-state index in [1.54, 1.807) is 23.1 Å². The Morgan fingerprint density at radius 1 is 1.05 bits per heavy atom. The lowest BCUT2D eigenvalue weighted by Crippen LogP contribution is -2.38. The van der Waals surface area contributed by atoms with Crippen LogP contribution < -0.4 is 0 Å². The monoisotopic (exact) mass is 582 g/mol. The number of carboxylic acids is 1. The molecule has 2 aromatic carbocycles. The van der Waals surface area contributed by atoms with E-state index in [9.17, 15) is 41.0 Å². The fourth-order valence-electron chi connectivity index (χ4n) is 4.74. The first-order valence-electron chi connectivity index (χ1n) is 12.0. The van der Waals surface area contributed by atoms with Gasteiger partial charge >= 0.3 is 18.3 Å². The Labute approximate surface area is 226 Å². The first kappa shape index (κ1) is 27.7. The lowest BCUT2D eigenvalue weighted by atomic mass is 9.92. The zero-order valence-electron chi connectivity index (χ0n) is 20.4. The largest absolute Gasteiger partial charge is 0.481 e. The number of likely N-dealkylation sites (tertiary alicyclic amines) is 1. The number of carbonyl (C=O) groups is 2. The Morgan fingerprint density at radius 3 is 2.42 bits per heavy atom. The summed E-state index contributed by atoms with van der Waals surface area (Å²) >= 11 is 0.959. The van der Waals surface area contributed by atoms with Crippen molar-refractivity contribution in [1.29, 1.82) is 0 Å². The predicted molar refractivity (Wildman–Crippen MR) is 135 cm³/mol. The maximum atomic E-state index is 13.9. The van der Waals surface area contributed by atoms with Crippen LogP contribution in [0.4, 0.5) is 26.3 Å². The molecule has 0 saturated carbocycles. The van der Waals surface area contributed by atoms with Gasteiger partial charge in [0, 0.05) is 18.5 Å². The number of aromatic amines is 1. The summed E-state index contributed by atoms with van der Waals surface area (Å²) in [6.07, 6.45) is -8.36. The Bertz CT molecular complexity index is 1550. The molecule has 40 heavy (non-hydrogen) atoms. The zero-order chi connectivity index (χ0) is 28.8. The number of piperidine rings is 1. The van der Waals surface area contributed by atoms with Crippen molar-refractivity contribution in [2.75, 3.05) is 13.1 Å². The number of nitrogens with zero attached hydrogens (tertiary/aromatic N) is 3. The van der Waals surface area contributed by atoms with Crippen LogP contribution in [0.15, 0.2) is 52.5 Å². The molecule has 0 unspecified atom stereocenters. The minimum absolute atomic E-state index is 0.0474. The first-order chi connectivity index (χ1) is 18.8. The number of hydrogen-bond acceptors (Lipinski definition) is 5. The van der Waals surface area contributed by atoms with Crippen LogP contribution in [-0.4, -0.2) is 50.3 Å². The van der Waals surface area contributed by atoms with E-state index < -0.39 is 53.3 Å². The lowest BCUT2D eigenvalue weighted by Gasteiger charge is -2.30. The van der Waals surface area contributed by atoms with E-state index in [1.807, 2.05) is 0 Å². The average molecular weight is 583 g/mol. The van der Waals surface area contributed by atoms with Gasteiger partial charge in [-0.2, -0.15) is 36.4 Å². The van der Waals surface area contributed by atoms with Crippen LogP contribution in [0.5, 0.6) is 0 Å². The molecule has 0 radical (unpaired) electrons. The van der Waals surface area contributed by atoms with E-state index >= 15 is 0 Å². The van der Waals surface area contributed by atoms with Crippen molar-refractivity contribution in [1.82, 2.24) is 15.1 Å². The molecule has 1 saturated heterocycles. The fourth-order valence-corrected chi connectivity index (χ4v) is 5.81. The van der Waals surface area contributed by atoms with Crippen molar-refractivity contribution in [3.05, 3.63) is 69.8 Å². The first-order valence-corrected chi connectivity index (χ1v) is 12.9. The molecule has 1 aromatic heterocycles. The molecule has 2 aliphatic heterocycles. The molecule has 1 amide bonds. The smallest absolute Gasteiger partial charge is 0.416 e. The highest BCUT2D eigenvalue weighted by molar-refractivity contribution is 8.18. The second kappa shape index (κ2) is 10.3. The Kier molecular flexibility index (Phi) is 7.15. The third-order valence-electron chi connectivity index (χ3n) is 6.87. The number of aromatic nitrogens is 2. The van der Waals surface area contributed by atoms with Gasteiger partial charge < -0.3 is 10.0 Å². The Balaban J connectivity index is 1.56. The zero-order valence-corrected chi connectivity index (χ0v) is 21.3. The summed E-state index contributed by atoms with van der Waals surface area (Å²) in [5, 5.41) is 16.9. The second-order valence-corrected chi connectivity index (χ2v) is 10.4. The predicted octanol–water partition coefficient (Wildman–Crippen LogP) is 5.98. The minimum atomic E-state index is -5.08. The van der Waals surface area contributed by atoms with Crippen molar-refractivity contribution in [2.45, 2.75) is 31.6 Å². The SMILES string of the molecule is O=C1N=C(N2CCC(C(=O)O)CC2)SC1=C(Cc1ccc(C(F)(F)F)cc1C(F)(F)F)c1ccc2[nH]ncc2c1. The van der Waals surface area contributed by atoms with Crippen molar-refractivity contribution in [2.24, 2.45) is 10.9 Å². The van der Waals surface area contributed by atoms with Gasteiger partial charge in [-0.15, -0.1) is 0 Å². The molecule has 3 heterocycles. The van der Waals surface area contributed by atoms with E-state index in [0.717, 1.165) is 17.8 Å². The number of benzene rings is 2. The highest BCUT2D eigenvalue weighted by atomic mass is 32.2. The summed E-state index contributed by atoms with van der Waals surface area (Å²) in [4.78, 5) is 30.3. The topological polar surface area (TPSA) is 98.6 Å². The summed E-state index contributed by atoms with van der Waals surface area (Å²) < 4.78 is 81.5. The summed E-state index contributed by atoms with van der Waals surface area (Å²) in [6.45, 7) is 0.660. The summed E-state index contributed by atoms with van der Waals surface area (Å²) in [5.41, 5.74) is -2.11. The third-order valence-corrected chi connectivity index (χ3v) is 8.03. The van der Waals surface area contributed by atoms with Crippen LogP contribution in [0.2, 0.25) is 0 Å². The molecule has 3 aromatic rings. The number of nitrogens with one attached hydrogen (secondary N) is 1. The van der Waals surface area contributed by atoms with Crippen molar-refractivity contribution >= 4 is 45.3 Å². The van der Waals surface area contributed by atoms with Crippen LogP contribution in [0.1, 0.15) is 35.1 Å². The summed E-state index contributed by atoms with van der Waals surface area (Å²) in [7, 11) is 0. The molecule has 210 valence electrons. The number of amidine groups is 1. The number of H-pyrrole nitrogens is 1. The molecule has 2 N–H and O–H groups in total. The van der Waals surface area contributed by atoms with Gasteiger partial charge in [0.2, 0.25) is 0 Å².